The van der Waals surface area contributed by atoms with Crippen LogP contribution in [0.2, 0.25) is 0 Å². The molecule has 4 nitrogen and oxygen atoms in total. The largest absolute Gasteiger partial charge is 0.368 e. The Morgan fingerprint density at radius 3 is 2.80 bits per heavy atom. The molecule has 1 aliphatic carbocycles. The monoisotopic (exact) mass is 288 g/mol. The third-order valence-corrected chi connectivity index (χ3v) is 4.78. The summed E-state index contributed by atoms with van der Waals surface area (Å²) in [6.45, 7) is 0.705. The maximum Gasteiger partial charge on any atom is 0.179 e. The lowest BCUT2D eigenvalue weighted by Gasteiger charge is -2.30. The molecule has 0 radical (unpaired) electrons. The van der Waals surface area contributed by atoms with E-state index in [-0.39, 0.29) is 4.90 Å². The number of aromatic nitrogens is 1. The molecule has 1 N–H and O–H groups in total. The number of nitrogens with zero attached hydrogens (tertiary/aromatic N) is 1. The molecule has 0 amide bonds. The lowest BCUT2D eigenvalue weighted by Crippen LogP contribution is -2.25. The molecule has 1 aliphatic rings. The van der Waals surface area contributed by atoms with E-state index < -0.39 is 9.84 Å². The first-order valence-corrected chi connectivity index (χ1v) is 8.41. The van der Waals surface area contributed by atoms with Crippen LogP contribution < -0.4 is 5.32 Å². The molecule has 0 spiro atoms. The van der Waals surface area contributed by atoms with Crippen LogP contribution in [0.1, 0.15) is 17.0 Å². The highest BCUT2D eigenvalue weighted by molar-refractivity contribution is 7.90. The van der Waals surface area contributed by atoms with Crippen LogP contribution in [0.25, 0.3) is 0 Å². The number of rotatable bonds is 4. The summed E-state index contributed by atoms with van der Waals surface area (Å²) >= 11 is 0. The minimum Gasteiger partial charge on any atom is -0.368 e. The highest BCUT2D eigenvalue weighted by atomic mass is 32.2. The van der Waals surface area contributed by atoms with Crippen molar-refractivity contribution in [3.8, 4) is 0 Å². The SMILES string of the molecule is CS(=O)(=O)c1cccnc1NCC1Cc2ccccc21. The van der Waals surface area contributed by atoms with E-state index in [1.165, 1.54) is 17.4 Å². The van der Waals surface area contributed by atoms with Gasteiger partial charge in [0.15, 0.2) is 9.84 Å². The number of anilines is 1. The van der Waals surface area contributed by atoms with E-state index in [4.69, 9.17) is 0 Å². The van der Waals surface area contributed by atoms with Gasteiger partial charge in [-0.15, -0.1) is 0 Å². The molecule has 1 heterocycles. The predicted molar refractivity (Wildman–Crippen MR) is 78.7 cm³/mol. The van der Waals surface area contributed by atoms with Gasteiger partial charge in [0.2, 0.25) is 0 Å². The van der Waals surface area contributed by atoms with Crippen LogP contribution in [0, 0.1) is 0 Å². The van der Waals surface area contributed by atoms with E-state index in [1.807, 2.05) is 12.1 Å². The highest BCUT2D eigenvalue weighted by Gasteiger charge is 2.25. The Kier molecular flexibility index (Phi) is 3.22. The van der Waals surface area contributed by atoms with E-state index in [0.717, 1.165) is 6.42 Å². The van der Waals surface area contributed by atoms with Crippen LogP contribution >= 0.6 is 0 Å². The summed E-state index contributed by atoms with van der Waals surface area (Å²) < 4.78 is 23.4. The third-order valence-electron chi connectivity index (χ3n) is 3.65. The second-order valence-electron chi connectivity index (χ2n) is 5.10. The van der Waals surface area contributed by atoms with Gasteiger partial charge in [-0.25, -0.2) is 13.4 Å². The summed E-state index contributed by atoms with van der Waals surface area (Å²) in [4.78, 5) is 4.40. The Balaban J connectivity index is 1.75. The molecule has 0 fully saturated rings. The van der Waals surface area contributed by atoms with Crippen LogP contribution in [0.4, 0.5) is 5.82 Å². The standard InChI is InChI=1S/C15H16N2O2S/c1-20(18,19)14-7-4-8-16-15(14)17-10-12-9-11-5-2-3-6-13(11)12/h2-8,12H,9-10H2,1H3,(H,16,17). The average Bonchev–Trinajstić information content (AvgIpc) is 2.39. The number of nitrogens with one attached hydrogen (secondary N) is 1. The van der Waals surface area contributed by atoms with Gasteiger partial charge in [-0.05, 0) is 29.7 Å². The Labute approximate surface area is 118 Å². The van der Waals surface area contributed by atoms with Crippen molar-refractivity contribution >= 4 is 15.7 Å². The molecule has 3 rings (SSSR count). The Hall–Kier alpha value is -1.88. The summed E-state index contributed by atoms with van der Waals surface area (Å²) in [5.41, 5.74) is 2.72. The van der Waals surface area contributed by atoms with E-state index in [2.05, 4.69) is 22.4 Å². The molecule has 20 heavy (non-hydrogen) atoms. The fourth-order valence-corrected chi connectivity index (χ4v) is 3.39. The molecule has 0 aliphatic heterocycles. The smallest absolute Gasteiger partial charge is 0.179 e. The summed E-state index contributed by atoms with van der Waals surface area (Å²) in [5.74, 6) is 0.875. The first kappa shape index (κ1) is 13.1. The molecule has 1 aromatic carbocycles. The first-order valence-electron chi connectivity index (χ1n) is 6.52. The number of sulfone groups is 1. The zero-order valence-electron chi connectivity index (χ0n) is 11.2. The normalized spacial score (nSPS) is 17.1. The first-order chi connectivity index (χ1) is 9.55. The molecule has 1 unspecified atom stereocenters. The van der Waals surface area contributed by atoms with Crippen LogP contribution in [0.15, 0.2) is 47.5 Å². The maximum absolute atomic E-state index is 11.7. The predicted octanol–water partition coefficient (Wildman–Crippen LogP) is 2.24. The topological polar surface area (TPSA) is 59.1 Å². The summed E-state index contributed by atoms with van der Waals surface area (Å²) in [6.07, 6.45) is 3.84. The maximum atomic E-state index is 11.7. The molecule has 1 aromatic heterocycles. The Bertz CT molecular complexity index is 741. The van der Waals surface area contributed by atoms with Crippen molar-refractivity contribution < 1.29 is 8.42 Å². The number of hydrogen-bond donors (Lipinski definition) is 1. The second kappa shape index (κ2) is 4.90. The van der Waals surface area contributed by atoms with Crippen molar-refractivity contribution in [2.75, 3.05) is 18.1 Å². The molecule has 104 valence electrons. The van der Waals surface area contributed by atoms with E-state index in [0.29, 0.717) is 18.3 Å². The molecule has 0 saturated carbocycles. The molecule has 0 saturated heterocycles. The van der Waals surface area contributed by atoms with Crippen molar-refractivity contribution in [1.29, 1.82) is 0 Å². The molecule has 0 bridgehead atoms. The van der Waals surface area contributed by atoms with Crippen molar-refractivity contribution in [1.82, 2.24) is 4.98 Å². The fraction of sp³-hybridized carbons (Fsp3) is 0.267. The quantitative estimate of drug-likeness (QED) is 0.937. The minimum absolute atomic E-state index is 0.257. The van der Waals surface area contributed by atoms with Gasteiger partial charge in [0, 0.05) is 24.9 Å². The van der Waals surface area contributed by atoms with Gasteiger partial charge >= 0.3 is 0 Å². The van der Waals surface area contributed by atoms with Crippen LogP contribution in [0.5, 0.6) is 0 Å². The van der Waals surface area contributed by atoms with Gasteiger partial charge in [-0.1, -0.05) is 24.3 Å². The van der Waals surface area contributed by atoms with Gasteiger partial charge in [-0.3, -0.25) is 0 Å². The Morgan fingerprint density at radius 2 is 2.05 bits per heavy atom. The van der Waals surface area contributed by atoms with Gasteiger partial charge < -0.3 is 5.32 Å². The second-order valence-corrected chi connectivity index (χ2v) is 7.09. The van der Waals surface area contributed by atoms with Crippen molar-refractivity contribution in [3.05, 3.63) is 53.7 Å². The van der Waals surface area contributed by atoms with Crippen LogP contribution in [0.3, 0.4) is 0 Å². The van der Waals surface area contributed by atoms with Crippen LogP contribution in [-0.2, 0) is 16.3 Å². The van der Waals surface area contributed by atoms with Gasteiger partial charge in [-0.2, -0.15) is 0 Å². The van der Waals surface area contributed by atoms with Gasteiger partial charge in [0.1, 0.15) is 10.7 Å². The zero-order chi connectivity index (χ0) is 14.2. The summed E-state index contributed by atoms with van der Waals surface area (Å²) in [6, 6.07) is 11.6. The lowest BCUT2D eigenvalue weighted by atomic mass is 9.77. The van der Waals surface area contributed by atoms with Crippen molar-refractivity contribution in [3.63, 3.8) is 0 Å². The molecular formula is C15H16N2O2S. The average molecular weight is 288 g/mol. The third kappa shape index (κ3) is 2.41. The van der Waals surface area contributed by atoms with Gasteiger partial charge in [0.25, 0.3) is 0 Å². The molecular weight excluding hydrogens is 272 g/mol. The minimum atomic E-state index is -3.26. The number of benzene rings is 1. The highest BCUT2D eigenvalue weighted by Crippen LogP contribution is 2.34. The van der Waals surface area contributed by atoms with E-state index >= 15 is 0 Å². The van der Waals surface area contributed by atoms with Crippen molar-refractivity contribution in [2.45, 2.75) is 17.2 Å². The summed E-state index contributed by atoms with van der Waals surface area (Å²) in [5, 5.41) is 3.17. The molecule has 2 aromatic rings. The Morgan fingerprint density at radius 1 is 1.25 bits per heavy atom. The van der Waals surface area contributed by atoms with Crippen LogP contribution in [-0.4, -0.2) is 26.2 Å². The zero-order valence-corrected chi connectivity index (χ0v) is 12.0. The lowest BCUT2D eigenvalue weighted by molar-refractivity contribution is 0.601. The number of pyridine rings is 1. The number of hydrogen-bond acceptors (Lipinski definition) is 4. The van der Waals surface area contributed by atoms with Gasteiger partial charge in [0.05, 0.1) is 0 Å². The molecule has 1 atom stereocenters. The van der Waals surface area contributed by atoms with E-state index in [1.54, 1.807) is 18.3 Å². The fourth-order valence-electron chi connectivity index (χ4n) is 2.59. The number of fused-ring (bicyclic) bond motifs is 1. The van der Waals surface area contributed by atoms with E-state index in [9.17, 15) is 8.42 Å². The summed E-state index contributed by atoms with van der Waals surface area (Å²) in [7, 11) is -3.26. The van der Waals surface area contributed by atoms with Crippen molar-refractivity contribution in [2.24, 2.45) is 0 Å². The molecule has 5 heteroatoms.